The molecule has 0 aromatic rings. The first-order valence-electron chi connectivity index (χ1n) is 13.7. The van der Waals surface area contributed by atoms with Gasteiger partial charge in [0.2, 0.25) is 0 Å². The number of rotatable bonds is 24. The molecule has 0 saturated carbocycles. The molecule has 0 aliphatic heterocycles. The Morgan fingerprint density at radius 2 is 1.32 bits per heavy atom. The second kappa shape index (κ2) is 23.2. The smallest absolute Gasteiger partial charge is 0.437 e. The van der Waals surface area contributed by atoms with E-state index in [1.54, 1.807) is 0 Å². The zero-order valence-corrected chi connectivity index (χ0v) is 24.4. The second-order valence-electron chi connectivity index (χ2n) is 9.08. The van der Waals surface area contributed by atoms with E-state index in [2.05, 4.69) is 18.6 Å². The lowest BCUT2D eigenvalue weighted by Crippen LogP contribution is -2.24. The van der Waals surface area contributed by atoms with Gasteiger partial charge in [0.15, 0.2) is 0 Å². The van der Waals surface area contributed by atoms with E-state index in [0.29, 0.717) is 6.42 Å². The van der Waals surface area contributed by atoms with Crippen LogP contribution in [-0.4, -0.2) is 37.0 Å². The van der Waals surface area contributed by atoms with Crippen LogP contribution in [0.15, 0.2) is 0 Å². The minimum atomic E-state index is -4.02. The van der Waals surface area contributed by atoms with E-state index < -0.39 is 14.0 Å². The molecule has 0 aliphatic carbocycles. The summed E-state index contributed by atoms with van der Waals surface area (Å²) in [6.45, 7) is 8.46. The summed E-state index contributed by atoms with van der Waals surface area (Å²) in [4.78, 5) is 11.6. The van der Waals surface area contributed by atoms with Crippen LogP contribution in [0.25, 0.3) is 0 Å². The van der Waals surface area contributed by atoms with Crippen LogP contribution in [-0.2, 0) is 22.9 Å². The largest absolute Gasteiger partial charge is 0.534 e. The maximum absolute atomic E-state index is 13.0. The van der Waals surface area contributed by atoms with Gasteiger partial charge < -0.3 is 9.26 Å². The first-order chi connectivity index (χ1) is 16.4. The molecule has 0 amide bonds. The van der Waals surface area contributed by atoms with Crippen molar-refractivity contribution in [3.63, 3.8) is 0 Å². The molecule has 3 unspecified atom stereocenters. The van der Waals surface area contributed by atoms with Gasteiger partial charge in [0.05, 0.1) is 19.8 Å². The molecule has 0 aliphatic rings. The highest BCUT2D eigenvalue weighted by atomic mass is 32.2. The van der Waals surface area contributed by atoms with Crippen LogP contribution in [0.3, 0.4) is 0 Å². The molecule has 8 heteroatoms. The van der Waals surface area contributed by atoms with Gasteiger partial charge in [-0.15, -0.1) is 0 Å². The molecule has 0 aromatic heterocycles. The predicted octanol–water partition coefficient (Wildman–Crippen LogP) is 9.70. The van der Waals surface area contributed by atoms with Crippen molar-refractivity contribution >= 4 is 25.7 Å². The Balaban J connectivity index is 4.65. The van der Waals surface area contributed by atoms with Crippen molar-refractivity contribution < 1.29 is 27.7 Å². The Bertz CT molecular complexity index is 520. The Kier molecular flexibility index (Phi) is 23.0. The average molecular weight is 525 g/mol. The number of unbranched alkanes of at least 4 members (excludes halogenated alkanes) is 12. The number of thioether (sulfide) groups is 1. The van der Waals surface area contributed by atoms with Crippen molar-refractivity contribution in [3.05, 3.63) is 0 Å². The molecule has 6 nitrogen and oxygen atoms in total. The molecule has 3 atom stereocenters. The SMILES string of the molecule is CCCCCCCCCCCSC(CCCCCCC)C(C)OP(=O)(OCCC)OC(=O)OC. The Morgan fingerprint density at radius 3 is 1.85 bits per heavy atom. The third-order valence-electron chi connectivity index (χ3n) is 5.80. The summed E-state index contributed by atoms with van der Waals surface area (Å²) in [7, 11) is -2.85. The monoisotopic (exact) mass is 524 g/mol. The van der Waals surface area contributed by atoms with E-state index in [9.17, 15) is 9.36 Å². The quantitative estimate of drug-likeness (QED) is 0.0707. The summed E-state index contributed by atoms with van der Waals surface area (Å²) in [6, 6.07) is 0. The van der Waals surface area contributed by atoms with E-state index in [4.69, 9.17) is 13.6 Å². The summed E-state index contributed by atoms with van der Waals surface area (Å²) in [6.07, 6.45) is 18.1. The number of carbonyl (C=O) groups is 1. The highest BCUT2D eigenvalue weighted by Gasteiger charge is 2.36. The van der Waals surface area contributed by atoms with Crippen LogP contribution >= 0.6 is 19.6 Å². The molecule has 0 rings (SSSR count). The number of carbonyl (C=O) groups excluding carboxylic acids is 1. The van der Waals surface area contributed by atoms with E-state index in [1.165, 1.54) is 90.6 Å². The summed E-state index contributed by atoms with van der Waals surface area (Å²) in [5.74, 6) is 1.06. The first kappa shape index (κ1) is 33.8. The fourth-order valence-corrected chi connectivity index (χ4v) is 6.52. The fraction of sp³-hybridized carbons (Fsp3) is 0.962. The van der Waals surface area contributed by atoms with Crippen LogP contribution < -0.4 is 0 Å². The molecule has 0 fully saturated rings. The van der Waals surface area contributed by atoms with Gasteiger partial charge in [-0.05, 0) is 31.9 Å². The second-order valence-corrected chi connectivity index (χ2v) is 12.0. The lowest BCUT2D eigenvalue weighted by Gasteiger charge is -2.27. The molecular formula is C26H53O6PS. The zero-order chi connectivity index (χ0) is 25.5. The van der Waals surface area contributed by atoms with Crippen LogP contribution in [0.1, 0.15) is 130 Å². The van der Waals surface area contributed by atoms with Crippen LogP contribution in [0.4, 0.5) is 4.79 Å². The minimum Gasteiger partial charge on any atom is -0.437 e. The number of hydrogen-bond acceptors (Lipinski definition) is 7. The van der Waals surface area contributed by atoms with Gasteiger partial charge in [-0.1, -0.05) is 104 Å². The molecule has 0 saturated heterocycles. The standard InChI is InChI=1S/C26H53O6PS/c1-6-9-11-13-14-15-16-18-20-23-34-25(21-19-17-12-10-7-2)24(4)31-33(28,30-22-8-3)32-26(27)29-5/h24-25H,6-23H2,1-5H3. The fourth-order valence-electron chi connectivity index (χ4n) is 3.73. The zero-order valence-electron chi connectivity index (χ0n) is 22.7. The van der Waals surface area contributed by atoms with Gasteiger partial charge >= 0.3 is 14.0 Å². The number of hydrogen-bond donors (Lipinski definition) is 0. The molecule has 204 valence electrons. The summed E-state index contributed by atoms with van der Waals surface area (Å²) in [5.41, 5.74) is 0. The summed E-state index contributed by atoms with van der Waals surface area (Å²) in [5, 5.41) is 0.176. The number of phosphoric acid groups is 1. The van der Waals surface area contributed by atoms with Crippen LogP contribution in [0.5, 0.6) is 0 Å². The summed E-state index contributed by atoms with van der Waals surface area (Å²) < 4.78 is 33.6. The van der Waals surface area contributed by atoms with E-state index in [0.717, 1.165) is 18.6 Å². The van der Waals surface area contributed by atoms with E-state index in [1.807, 2.05) is 25.6 Å². The van der Waals surface area contributed by atoms with Crippen LogP contribution in [0, 0.1) is 0 Å². The van der Waals surface area contributed by atoms with E-state index in [-0.39, 0.29) is 18.0 Å². The third-order valence-corrected chi connectivity index (χ3v) is 8.83. The molecule has 0 radical (unpaired) electrons. The molecule has 0 spiro atoms. The summed E-state index contributed by atoms with van der Waals surface area (Å²) >= 11 is 1.88. The Morgan fingerprint density at radius 1 is 0.794 bits per heavy atom. The van der Waals surface area contributed by atoms with Crippen molar-refractivity contribution in [2.75, 3.05) is 19.5 Å². The average Bonchev–Trinajstić information content (AvgIpc) is 2.82. The molecule has 0 N–H and O–H groups in total. The molecule has 34 heavy (non-hydrogen) atoms. The van der Waals surface area contributed by atoms with Crippen molar-refractivity contribution in [2.45, 2.75) is 142 Å². The van der Waals surface area contributed by atoms with Gasteiger partial charge in [0.1, 0.15) is 0 Å². The topological polar surface area (TPSA) is 71.1 Å². The van der Waals surface area contributed by atoms with Gasteiger partial charge in [0.25, 0.3) is 0 Å². The molecule has 0 heterocycles. The Labute approximate surface area is 214 Å². The van der Waals surface area contributed by atoms with Crippen molar-refractivity contribution in [1.29, 1.82) is 0 Å². The molecular weight excluding hydrogens is 471 g/mol. The Hall–Kier alpha value is -0.230. The van der Waals surface area contributed by atoms with Crippen molar-refractivity contribution in [3.8, 4) is 0 Å². The first-order valence-corrected chi connectivity index (χ1v) is 16.2. The minimum absolute atomic E-state index is 0.176. The van der Waals surface area contributed by atoms with Crippen LogP contribution in [0.2, 0.25) is 0 Å². The lowest BCUT2D eigenvalue weighted by molar-refractivity contribution is 0.0669. The van der Waals surface area contributed by atoms with Gasteiger partial charge in [-0.25, -0.2) is 9.36 Å². The normalized spacial score (nSPS) is 15.0. The molecule has 0 aromatic carbocycles. The maximum atomic E-state index is 13.0. The predicted molar refractivity (Wildman–Crippen MR) is 145 cm³/mol. The highest BCUT2D eigenvalue weighted by molar-refractivity contribution is 7.99. The van der Waals surface area contributed by atoms with Gasteiger partial charge in [-0.2, -0.15) is 11.8 Å². The molecule has 0 bridgehead atoms. The highest BCUT2D eigenvalue weighted by Crippen LogP contribution is 2.52. The van der Waals surface area contributed by atoms with Crippen molar-refractivity contribution in [1.82, 2.24) is 0 Å². The number of methoxy groups -OCH3 is 1. The lowest BCUT2D eigenvalue weighted by atomic mass is 10.1. The van der Waals surface area contributed by atoms with Crippen molar-refractivity contribution in [2.24, 2.45) is 0 Å². The third kappa shape index (κ3) is 19.0. The van der Waals surface area contributed by atoms with E-state index >= 15 is 0 Å². The number of ether oxygens (including phenoxy) is 1. The number of phosphoric ester groups is 1. The van der Waals surface area contributed by atoms with Gasteiger partial charge in [-0.3, -0.25) is 9.05 Å². The van der Waals surface area contributed by atoms with Gasteiger partial charge in [0, 0.05) is 5.25 Å². The maximum Gasteiger partial charge on any atom is 0.534 e.